The Morgan fingerprint density at radius 2 is 2.12 bits per heavy atom. The van der Waals surface area contributed by atoms with E-state index in [4.69, 9.17) is 10.2 Å². The van der Waals surface area contributed by atoms with Crippen molar-refractivity contribution in [1.82, 2.24) is 4.98 Å². The number of aryl methyl sites for hydroxylation is 1. The van der Waals surface area contributed by atoms with Crippen LogP contribution in [-0.4, -0.2) is 33.2 Å². The van der Waals surface area contributed by atoms with Gasteiger partial charge in [-0.2, -0.15) is 0 Å². The first-order valence-corrected chi connectivity index (χ1v) is 5.93. The molecule has 0 aliphatic carbocycles. The van der Waals surface area contributed by atoms with Gasteiger partial charge in [0.1, 0.15) is 6.04 Å². The summed E-state index contributed by atoms with van der Waals surface area (Å²) in [6.45, 7) is 3.46. The van der Waals surface area contributed by atoms with Gasteiger partial charge in [-0.15, -0.1) is 11.3 Å². The minimum Gasteiger partial charge on any atom is -0.481 e. The van der Waals surface area contributed by atoms with Crippen LogP contribution in [0.5, 0.6) is 0 Å². The first-order valence-electron chi connectivity index (χ1n) is 5.11. The lowest BCUT2D eigenvalue weighted by atomic mass is 10.2. The summed E-state index contributed by atoms with van der Waals surface area (Å²) in [6, 6.07) is -0.696. The van der Waals surface area contributed by atoms with Crippen molar-refractivity contribution in [3.63, 3.8) is 0 Å². The molecule has 0 aliphatic rings. The Balaban J connectivity index is 2.79. The lowest BCUT2D eigenvalue weighted by Gasteiger charge is -2.09. The van der Waals surface area contributed by atoms with Crippen LogP contribution in [0.3, 0.4) is 0 Å². The molecule has 1 aromatic heterocycles. The van der Waals surface area contributed by atoms with E-state index in [1.165, 1.54) is 11.3 Å². The molecule has 0 amide bonds. The maximum atomic E-state index is 10.8. The Hall–Kier alpha value is -1.63. The van der Waals surface area contributed by atoms with Gasteiger partial charge in [-0.1, -0.05) is 6.92 Å². The largest absolute Gasteiger partial charge is 0.481 e. The van der Waals surface area contributed by atoms with Gasteiger partial charge >= 0.3 is 11.9 Å². The molecule has 0 fully saturated rings. The van der Waals surface area contributed by atoms with Crippen LogP contribution in [0.1, 0.15) is 23.9 Å². The van der Waals surface area contributed by atoms with E-state index in [0.717, 1.165) is 0 Å². The van der Waals surface area contributed by atoms with Gasteiger partial charge in [0, 0.05) is 4.88 Å². The van der Waals surface area contributed by atoms with E-state index in [1.54, 1.807) is 13.8 Å². The fourth-order valence-corrected chi connectivity index (χ4v) is 2.28. The molecule has 1 aromatic rings. The molecular weight excluding hydrogens is 244 g/mol. The minimum atomic E-state index is -0.944. The van der Waals surface area contributed by atoms with Crippen molar-refractivity contribution in [2.24, 2.45) is 0 Å². The molecule has 0 saturated heterocycles. The Morgan fingerprint density at radius 3 is 2.59 bits per heavy atom. The molecule has 1 heterocycles. The zero-order valence-electron chi connectivity index (χ0n) is 9.56. The second-order valence-corrected chi connectivity index (χ2v) is 4.63. The summed E-state index contributed by atoms with van der Waals surface area (Å²) in [4.78, 5) is 26.2. The van der Waals surface area contributed by atoms with Crippen LogP contribution in [0.4, 0.5) is 5.13 Å². The van der Waals surface area contributed by atoms with Crippen molar-refractivity contribution >= 4 is 28.4 Å². The van der Waals surface area contributed by atoms with Crippen molar-refractivity contribution in [2.75, 3.05) is 5.32 Å². The molecule has 3 N–H and O–H groups in total. The number of rotatable bonds is 6. The molecular formula is C10H14N2O4S. The van der Waals surface area contributed by atoms with E-state index in [9.17, 15) is 9.59 Å². The molecule has 0 aromatic carbocycles. The van der Waals surface area contributed by atoms with Gasteiger partial charge in [-0.05, 0) is 13.3 Å². The average molecular weight is 258 g/mol. The van der Waals surface area contributed by atoms with Crippen LogP contribution in [0, 0.1) is 6.92 Å². The maximum Gasteiger partial charge on any atom is 0.326 e. The molecule has 0 bridgehead atoms. The minimum absolute atomic E-state index is 0.0883. The summed E-state index contributed by atoms with van der Waals surface area (Å²) >= 11 is 1.18. The van der Waals surface area contributed by atoms with Gasteiger partial charge in [-0.25, -0.2) is 9.78 Å². The molecule has 7 heteroatoms. The maximum absolute atomic E-state index is 10.8. The lowest BCUT2D eigenvalue weighted by Crippen LogP contribution is -2.28. The molecule has 17 heavy (non-hydrogen) atoms. The van der Waals surface area contributed by atoms with Crippen molar-refractivity contribution in [3.8, 4) is 0 Å². The van der Waals surface area contributed by atoms with E-state index in [1.807, 2.05) is 0 Å². The number of aromatic nitrogens is 1. The molecule has 94 valence electrons. The molecule has 0 radical (unpaired) electrons. The van der Waals surface area contributed by atoms with Crippen molar-refractivity contribution in [1.29, 1.82) is 0 Å². The highest BCUT2D eigenvalue weighted by Gasteiger charge is 2.18. The van der Waals surface area contributed by atoms with E-state index < -0.39 is 18.0 Å². The summed E-state index contributed by atoms with van der Waals surface area (Å²) in [5.41, 5.74) is 0.625. The first-order chi connectivity index (χ1) is 7.93. The fourth-order valence-electron chi connectivity index (χ4n) is 1.28. The number of aliphatic carboxylic acids is 2. The number of nitrogens with one attached hydrogen (secondary N) is 1. The van der Waals surface area contributed by atoms with Gasteiger partial charge in [0.2, 0.25) is 0 Å². The van der Waals surface area contributed by atoms with Crippen LogP contribution in [0.15, 0.2) is 0 Å². The van der Waals surface area contributed by atoms with Crippen LogP contribution in [0.2, 0.25) is 0 Å². The number of carboxylic acids is 2. The van der Waals surface area contributed by atoms with Gasteiger partial charge in [0.15, 0.2) is 5.13 Å². The van der Waals surface area contributed by atoms with Gasteiger partial charge in [-0.3, -0.25) is 4.79 Å². The predicted molar refractivity (Wildman–Crippen MR) is 63.5 cm³/mol. The first kappa shape index (κ1) is 13.4. The summed E-state index contributed by atoms with van der Waals surface area (Å²) in [6.07, 6.45) is 0.345. The Bertz CT molecular complexity index is 430. The second-order valence-electron chi connectivity index (χ2n) is 3.54. The third-order valence-electron chi connectivity index (χ3n) is 2.21. The van der Waals surface area contributed by atoms with Gasteiger partial charge < -0.3 is 15.5 Å². The molecule has 0 aliphatic heterocycles. The molecule has 1 unspecified atom stereocenters. The van der Waals surface area contributed by atoms with Crippen LogP contribution < -0.4 is 5.32 Å². The molecule has 6 nitrogen and oxygen atoms in total. The molecule has 0 spiro atoms. The van der Waals surface area contributed by atoms with Crippen LogP contribution in [0.25, 0.3) is 0 Å². The number of anilines is 1. The fraction of sp³-hybridized carbons (Fsp3) is 0.500. The third kappa shape index (κ3) is 3.70. The van der Waals surface area contributed by atoms with Crippen molar-refractivity contribution < 1.29 is 19.8 Å². The summed E-state index contributed by atoms with van der Waals surface area (Å²) in [7, 11) is 0. The van der Waals surface area contributed by atoms with Crippen LogP contribution in [-0.2, 0) is 16.0 Å². The van der Waals surface area contributed by atoms with Gasteiger partial charge in [0.25, 0.3) is 0 Å². The second kappa shape index (κ2) is 5.62. The molecule has 1 atom stereocenters. The SMILES string of the molecule is CCC(Nc1nc(C)c(CC(=O)O)s1)C(=O)O. The van der Waals surface area contributed by atoms with E-state index in [-0.39, 0.29) is 6.42 Å². The number of thiazole rings is 1. The van der Waals surface area contributed by atoms with Gasteiger partial charge in [0.05, 0.1) is 12.1 Å². The normalized spacial score (nSPS) is 12.1. The highest BCUT2D eigenvalue weighted by Crippen LogP contribution is 2.24. The molecule has 1 rings (SSSR count). The number of carboxylic acid groups (broad SMARTS) is 2. The van der Waals surface area contributed by atoms with Crippen molar-refractivity contribution in [2.45, 2.75) is 32.7 Å². The quantitative estimate of drug-likeness (QED) is 0.712. The number of hydrogen-bond acceptors (Lipinski definition) is 5. The third-order valence-corrected chi connectivity index (χ3v) is 3.30. The zero-order valence-corrected chi connectivity index (χ0v) is 10.4. The Morgan fingerprint density at radius 1 is 1.47 bits per heavy atom. The highest BCUT2D eigenvalue weighted by atomic mass is 32.1. The monoisotopic (exact) mass is 258 g/mol. The van der Waals surface area contributed by atoms with Crippen LogP contribution >= 0.6 is 11.3 Å². The summed E-state index contributed by atoms with van der Waals surface area (Å²) < 4.78 is 0. The topological polar surface area (TPSA) is 99.5 Å². The summed E-state index contributed by atoms with van der Waals surface area (Å²) in [5.74, 6) is -1.87. The number of carbonyl (C=O) groups is 2. The van der Waals surface area contributed by atoms with Crippen molar-refractivity contribution in [3.05, 3.63) is 10.6 Å². The highest BCUT2D eigenvalue weighted by molar-refractivity contribution is 7.15. The predicted octanol–water partition coefficient (Wildman–Crippen LogP) is 1.35. The number of hydrogen-bond donors (Lipinski definition) is 3. The van der Waals surface area contributed by atoms with E-state index in [0.29, 0.717) is 22.1 Å². The van der Waals surface area contributed by atoms with E-state index >= 15 is 0 Å². The molecule has 0 saturated carbocycles. The Kier molecular flexibility index (Phi) is 4.45. The summed E-state index contributed by atoms with van der Waals surface area (Å²) in [5, 5.41) is 20.8. The van der Waals surface area contributed by atoms with E-state index in [2.05, 4.69) is 10.3 Å². The number of nitrogens with zero attached hydrogens (tertiary/aromatic N) is 1. The smallest absolute Gasteiger partial charge is 0.326 e. The zero-order chi connectivity index (χ0) is 13.0. The standard InChI is InChI=1S/C10H14N2O4S/c1-3-6(9(15)16)12-10-11-5(2)7(17-10)4-8(13)14/h6H,3-4H2,1-2H3,(H,11,12)(H,13,14)(H,15,16). The average Bonchev–Trinajstić information content (AvgIpc) is 2.54. The lowest BCUT2D eigenvalue weighted by molar-refractivity contribution is -0.138. The Labute approximate surface area is 102 Å².